The number of aliphatic hydroxyl groups is 4. The van der Waals surface area contributed by atoms with E-state index in [2.05, 4.69) is 20.8 Å². The third-order valence-electron chi connectivity index (χ3n) is 16.8. The van der Waals surface area contributed by atoms with Gasteiger partial charge in [0, 0.05) is 36.5 Å². The van der Waals surface area contributed by atoms with Crippen LogP contribution in [0.5, 0.6) is 0 Å². The summed E-state index contributed by atoms with van der Waals surface area (Å²) < 4.78 is 0. The van der Waals surface area contributed by atoms with E-state index in [4.69, 9.17) is 0 Å². The standard InChI is InChI=1S/C21H28O5.C21H30O4/c1-19-7-5-13(23)9-12(19)3-4-14-15-6-8-21(26,17(25)11-22)20(15,2)10-16(24)18(14)19;1-20-8-7-13(23)9-12(20)3-4-14-15-5-6-16(18(25)11-22)21(15,2)10-17(24)19(14)20/h9,14-15,18,22,26H,3-8,10-11H2,1-2H3;9,14-17,19,22,24H,3-8,10-11H2,1-2H3/t14-,15-,18+,19-,20-,21-;14-,15-,16+,17-,19+,20-,21-/m00/s1. The van der Waals surface area contributed by atoms with E-state index in [1.165, 1.54) is 5.57 Å². The van der Waals surface area contributed by atoms with Gasteiger partial charge in [-0.3, -0.25) is 24.0 Å². The Morgan fingerprint density at radius 3 is 1.98 bits per heavy atom. The minimum absolute atomic E-state index is 0.0541. The van der Waals surface area contributed by atoms with Gasteiger partial charge in [0.25, 0.3) is 0 Å². The molecule has 0 radical (unpaired) electrons. The molecule has 6 fully saturated rings. The molecule has 6 saturated carbocycles. The summed E-state index contributed by atoms with van der Waals surface area (Å²) in [7, 11) is 0. The summed E-state index contributed by atoms with van der Waals surface area (Å²) in [5.41, 5.74) is -0.573. The number of rotatable bonds is 4. The zero-order chi connectivity index (χ0) is 36.9. The summed E-state index contributed by atoms with van der Waals surface area (Å²) in [5.74, 6) is 0.946. The van der Waals surface area contributed by atoms with Crippen LogP contribution in [0.1, 0.15) is 118 Å². The lowest BCUT2D eigenvalue weighted by molar-refractivity contribution is -0.170. The molecule has 0 bridgehead atoms. The van der Waals surface area contributed by atoms with Gasteiger partial charge in [-0.1, -0.05) is 38.8 Å². The van der Waals surface area contributed by atoms with Gasteiger partial charge in [-0.2, -0.15) is 0 Å². The van der Waals surface area contributed by atoms with Crippen LogP contribution in [0.15, 0.2) is 23.3 Å². The SMILES string of the molecule is C[C@]12CCC(=O)C=C1CC[C@@H]1[C@@H]2C(=O)C[C@@]2(C)[C@H]1CC[C@]2(O)C(=O)CO.C[C@]12C[C@H](O)[C@H]3[C@@H](CCC4=CC(=O)CC[C@@]43C)[C@@H]1CC[C@@H]2C(=O)CO. The number of carbonyl (C=O) groups excluding carboxylic acids is 5. The maximum Gasteiger partial charge on any atom is 0.190 e. The number of allylic oxidation sites excluding steroid dienone is 2. The molecule has 280 valence electrons. The highest BCUT2D eigenvalue weighted by atomic mass is 16.3. The molecule has 0 aromatic heterocycles. The number of fused-ring (bicyclic) bond motifs is 10. The van der Waals surface area contributed by atoms with Crippen molar-refractivity contribution in [2.45, 2.75) is 129 Å². The first-order chi connectivity index (χ1) is 24.0. The lowest BCUT2D eigenvalue weighted by atomic mass is 9.46. The molecule has 0 aromatic carbocycles. The molecule has 0 unspecified atom stereocenters. The Hall–Kier alpha value is -2.33. The van der Waals surface area contributed by atoms with Crippen LogP contribution in [0.3, 0.4) is 0 Å². The van der Waals surface area contributed by atoms with Gasteiger partial charge in [-0.25, -0.2) is 0 Å². The number of hydrogen-bond acceptors (Lipinski definition) is 9. The fourth-order valence-electron chi connectivity index (χ4n) is 14.3. The zero-order valence-electron chi connectivity index (χ0n) is 30.9. The largest absolute Gasteiger partial charge is 0.393 e. The van der Waals surface area contributed by atoms with Crippen LogP contribution < -0.4 is 0 Å². The summed E-state index contributed by atoms with van der Waals surface area (Å²) in [4.78, 5) is 61.7. The highest BCUT2D eigenvalue weighted by molar-refractivity contribution is 5.94. The fraction of sp³-hybridized carbons (Fsp3) is 0.786. The van der Waals surface area contributed by atoms with Crippen LogP contribution in [0.4, 0.5) is 0 Å². The topological polar surface area (TPSA) is 166 Å². The minimum atomic E-state index is -1.60. The molecule has 0 amide bonds. The van der Waals surface area contributed by atoms with Gasteiger partial charge in [-0.15, -0.1) is 0 Å². The van der Waals surface area contributed by atoms with Crippen LogP contribution in [0.2, 0.25) is 0 Å². The molecule has 51 heavy (non-hydrogen) atoms. The number of hydrogen-bond donors (Lipinski definition) is 4. The van der Waals surface area contributed by atoms with Crippen LogP contribution in [-0.2, 0) is 24.0 Å². The first-order valence-electron chi connectivity index (χ1n) is 19.7. The van der Waals surface area contributed by atoms with Crippen molar-refractivity contribution in [1.29, 1.82) is 0 Å². The van der Waals surface area contributed by atoms with E-state index < -0.39 is 29.5 Å². The first kappa shape index (κ1) is 37.0. The van der Waals surface area contributed by atoms with Crippen molar-refractivity contribution >= 4 is 28.9 Å². The van der Waals surface area contributed by atoms with E-state index in [1.54, 1.807) is 6.08 Å². The Bertz CT molecular complexity index is 1590. The van der Waals surface area contributed by atoms with E-state index in [-0.39, 0.29) is 82.0 Å². The molecule has 0 aliphatic heterocycles. The summed E-state index contributed by atoms with van der Waals surface area (Å²) in [5, 5.41) is 41.0. The summed E-state index contributed by atoms with van der Waals surface area (Å²) in [6.07, 6.45) is 13.1. The average Bonchev–Trinajstić information content (AvgIpc) is 3.57. The third-order valence-corrected chi connectivity index (χ3v) is 16.8. The summed E-state index contributed by atoms with van der Waals surface area (Å²) in [6.45, 7) is 7.34. The molecule has 8 aliphatic carbocycles. The molecule has 9 nitrogen and oxygen atoms in total. The van der Waals surface area contributed by atoms with E-state index in [1.807, 2.05) is 13.0 Å². The monoisotopic (exact) mass is 706 g/mol. The van der Waals surface area contributed by atoms with Crippen molar-refractivity contribution in [3.05, 3.63) is 23.3 Å². The molecule has 4 N–H and O–H groups in total. The van der Waals surface area contributed by atoms with Gasteiger partial charge in [-0.05, 0) is 129 Å². The Morgan fingerprint density at radius 2 is 1.35 bits per heavy atom. The van der Waals surface area contributed by atoms with E-state index in [0.717, 1.165) is 50.5 Å². The van der Waals surface area contributed by atoms with E-state index >= 15 is 0 Å². The van der Waals surface area contributed by atoms with Crippen molar-refractivity contribution in [2.75, 3.05) is 13.2 Å². The maximum atomic E-state index is 13.3. The molecular formula is C42H58O9. The molecule has 0 heterocycles. The Labute approximate surface area is 301 Å². The fourth-order valence-corrected chi connectivity index (χ4v) is 14.3. The normalized spacial score (nSPS) is 48.4. The molecular weight excluding hydrogens is 648 g/mol. The smallest absolute Gasteiger partial charge is 0.190 e. The predicted octanol–water partition coefficient (Wildman–Crippen LogP) is 4.66. The maximum absolute atomic E-state index is 13.3. The molecule has 0 spiro atoms. The van der Waals surface area contributed by atoms with Crippen LogP contribution in [-0.4, -0.2) is 74.3 Å². The molecule has 8 aliphatic rings. The zero-order valence-corrected chi connectivity index (χ0v) is 30.9. The third kappa shape index (κ3) is 5.25. The first-order valence-corrected chi connectivity index (χ1v) is 19.7. The second-order valence-electron chi connectivity index (χ2n) is 18.8. The molecule has 8 rings (SSSR count). The quantitative estimate of drug-likeness (QED) is 0.325. The molecule has 9 heteroatoms. The van der Waals surface area contributed by atoms with Crippen LogP contribution in [0.25, 0.3) is 0 Å². The Morgan fingerprint density at radius 1 is 0.745 bits per heavy atom. The van der Waals surface area contributed by atoms with Crippen molar-refractivity contribution < 1.29 is 44.4 Å². The second-order valence-corrected chi connectivity index (χ2v) is 18.8. The summed E-state index contributed by atoms with van der Waals surface area (Å²) >= 11 is 0. The van der Waals surface area contributed by atoms with Gasteiger partial charge in [0.05, 0.1) is 6.10 Å². The van der Waals surface area contributed by atoms with E-state index in [9.17, 15) is 44.4 Å². The second kappa shape index (κ2) is 12.6. The van der Waals surface area contributed by atoms with Crippen molar-refractivity contribution in [2.24, 2.45) is 63.1 Å². The highest BCUT2D eigenvalue weighted by Crippen LogP contribution is 2.68. The minimum Gasteiger partial charge on any atom is -0.393 e. The van der Waals surface area contributed by atoms with E-state index in [0.29, 0.717) is 50.4 Å². The molecule has 0 aromatic rings. The van der Waals surface area contributed by atoms with Gasteiger partial charge >= 0.3 is 0 Å². The highest BCUT2D eigenvalue weighted by Gasteiger charge is 2.68. The van der Waals surface area contributed by atoms with Gasteiger partial charge in [0.1, 0.15) is 24.6 Å². The molecule has 13 atom stereocenters. The number of Topliss-reactive ketones (excluding diaryl/α,β-unsaturated/α-hetero) is 3. The lowest BCUT2D eigenvalue weighted by Gasteiger charge is -2.59. The molecule has 0 saturated heterocycles. The number of carbonyl (C=O) groups is 5. The van der Waals surface area contributed by atoms with Crippen molar-refractivity contribution in [3.8, 4) is 0 Å². The van der Waals surface area contributed by atoms with Crippen molar-refractivity contribution in [1.82, 2.24) is 0 Å². The van der Waals surface area contributed by atoms with Crippen LogP contribution >= 0.6 is 0 Å². The predicted molar refractivity (Wildman–Crippen MR) is 188 cm³/mol. The number of aliphatic hydroxyl groups excluding tert-OH is 3. The van der Waals surface area contributed by atoms with Gasteiger partial charge < -0.3 is 20.4 Å². The van der Waals surface area contributed by atoms with Gasteiger partial charge in [0.2, 0.25) is 0 Å². The Balaban J connectivity index is 0.000000159. The van der Waals surface area contributed by atoms with Crippen molar-refractivity contribution in [3.63, 3.8) is 0 Å². The lowest BCUT2D eigenvalue weighted by Crippen LogP contribution is -2.60. The summed E-state index contributed by atoms with van der Waals surface area (Å²) in [6, 6.07) is 0. The average molecular weight is 707 g/mol. The van der Waals surface area contributed by atoms with Gasteiger partial charge in [0.15, 0.2) is 23.1 Å². The number of ketones is 5. The van der Waals surface area contributed by atoms with Crippen LogP contribution in [0, 0.1) is 63.1 Å². The Kier molecular flexibility index (Phi) is 9.16.